The maximum absolute atomic E-state index is 14.7. The first-order valence-corrected chi connectivity index (χ1v) is 13.7. The van der Waals surface area contributed by atoms with Crippen LogP contribution >= 0.6 is 0 Å². The summed E-state index contributed by atoms with van der Waals surface area (Å²) in [6.45, 7) is 5.27. The summed E-state index contributed by atoms with van der Waals surface area (Å²) in [6, 6.07) is 13.0. The number of hydrogen-bond acceptors (Lipinski definition) is 7. The zero-order valence-corrected chi connectivity index (χ0v) is 23.3. The Morgan fingerprint density at radius 1 is 0.902 bits per heavy atom. The molecule has 0 atom stereocenters. The largest absolute Gasteiger partial charge is 0.384 e. The smallest absolute Gasteiger partial charge is 0.125 e. The molecule has 0 saturated heterocycles. The third kappa shape index (κ3) is 5.65. The molecule has 0 radical (unpaired) electrons. The highest BCUT2D eigenvalue weighted by Crippen LogP contribution is 2.34. The summed E-state index contributed by atoms with van der Waals surface area (Å²) in [5.74, 6) is -0.313. The van der Waals surface area contributed by atoms with Crippen LogP contribution < -0.4 is 10.6 Å². The van der Waals surface area contributed by atoms with Gasteiger partial charge >= 0.3 is 0 Å². The van der Waals surface area contributed by atoms with Crippen molar-refractivity contribution in [3.63, 3.8) is 0 Å². The Labute approximate surface area is 237 Å². The molecule has 5 heterocycles. The van der Waals surface area contributed by atoms with Gasteiger partial charge in [0.1, 0.15) is 11.5 Å². The fraction of sp³-hybridized carbons (Fsp3) is 0.226. The van der Waals surface area contributed by atoms with E-state index < -0.39 is 0 Å². The van der Waals surface area contributed by atoms with Gasteiger partial charge in [-0.1, -0.05) is 6.92 Å². The van der Waals surface area contributed by atoms with Crippen LogP contribution in [0.4, 0.5) is 10.1 Å². The number of rotatable bonds is 10. The first-order valence-electron chi connectivity index (χ1n) is 13.7. The lowest BCUT2D eigenvalue weighted by Crippen LogP contribution is -2.20. The third-order valence-electron chi connectivity index (χ3n) is 6.98. The highest BCUT2D eigenvalue weighted by Gasteiger charge is 2.16. The summed E-state index contributed by atoms with van der Waals surface area (Å²) in [7, 11) is 4.02. The molecule has 4 N–H and O–H groups in total. The predicted octanol–water partition coefficient (Wildman–Crippen LogP) is 5.45. The summed E-state index contributed by atoms with van der Waals surface area (Å²) in [6.07, 6.45) is 7.23. The van der Waals surface area contributed by atoms with Gasteiger partial charge in [0.25, 0.3) is 0 Å². The maximum atomic E-state index is 14.7. The lowest BCUT2D eigenvalue weighted by Gasteiger charge is -2.12. The number of H-pyrrole nitrogens is 2. The Hall–Kier alpha value is -4.67. The number of halogens is 1. The van der Waals surface area contributed by atoms with Crippen molar-refractivity contribution in [3.05, 3.63) is 78.6 Å². The van der Waals surface area contributed by atoms with Crippen LogP contribution in [0.25, 0.3) is 55.7 Å². The van der Waals surface area contributed by atoms with Crippen molar-refractivity contribution in [2.45, 2.75) is 13.5 Å². The van der Waals surface area contributed by atoms with Gasteiger partial charge < -0.3 is 20.5 Å². The molecule has 10 heteroatoms. The number of nitrogens with zero attached hydrogens (tertiary/aromatic N) is 5. The van der Waals surface area contributed by atoms with E-state index in [-0.39, 0.29) is 5.82 Å². The SMILES string of the molecule is CCNCc1cncc(-c2cc3c(-c4cc5c(-c6cc(F)cc(NCCN(C)C)c6)nccc5[nH]4)n[nH]c3cn2)c1. The van der Waals surface area contributed by atoms with Gasteiger partial charge in [-0.25, -0.2) is 4.39 Å². The lowest BCUT2D eigenvalue weighted by atomic mass is 10.1. The van der Waals surface area contributed by atoms with Crippen molar-refractivity contribution >= 4 is 27.5 Å². The van der Waals surface area contributed by atoms with Crippen LogP contribution in [0.5, 0.6) is 0 Å². The number of fused-ring (bicyclic) bond motifs is 2. The Balaban J connectivity index is 1.37. The first-order chi connectivity index (χ1) is 20.0. The molecule has 0 aliphatic heterocycles. The fourth-order valence-corrected chi connectivity index (χ4v) is 4.94. The molecule has 0 spiro atoms. The van der Waals surface area contributed by atoms with Gasteiger partial charge in [-0.05, 0) is 68.7 Å². The van der Waals surface area contributed by atoms with E-state index in [1.165, 1.54) is 12.1 Å². The van der Waals surface area contributed by atoms with Crippen LogP contribution in [-0.4, -0.2) is 68.8 Å². The van der Waals surface area contributed by atoms with E-state index in [2.05, 4.69) is 58.7 Å². The Morgan fingerprint density at radius 2 is 1.78 bits per heavy atom. The average Bonchev–Trinajstić information content (AvgIpc) is 3.59. The summed E-state index contributed by atoms with van der Waals surface area (Å²) in [5.41, 5.74) is 8.31. The van der Waals surface area contributed by atoms with E-state index in [0.717, 1.165) is 75.3 Å². The van der Waals surface area contributed by atoms with Gasteiger partial charge in [-0.3, -0.25) is 20.1 Å². The highest BCUT2D eigenvalue weighted by atomic mass is 19.1. The predicted molar refractivity (Wildman–Crippen MR) is 162 cm³/mol. The molecule has 0 unspecified atom stereocenters. The van der Waals surface area contributed by atoms with E-state index in [1.54, 1.807) is 12.4 Å². The van der Waals surface area contributed by atoms with E-state index in [1.807, 2.05) is 50.8 Å². The number of pyridine rings is 3. The molecule has 1 aromatic carbocycles. The quantitative estimate of drug-likeness (QED) is 0.180. The van der Waals surface area contributed by atoms with Gasteiger partial charge in [0.2, 0.25) is 0 Å². The number of benzene rings is 1. The molecular formula is C31H32FN9. The highest BCUT2D eigenvalue weighted by molar-refractivity contribution is 6.00. The topological polar surface area (TPSA) is 110 Å². The van der Waals surface area contributed by atoms with E-state index in [4.69, 9.17) is 0 Å². The molecule has 0 aliphatic rings. The molecule has 5 aromatic heterocycles. The maximum Gasteiger partial charge on any atom is 0.125 e. The second-order valence-electron chi connectivity index (χ2n) is 10.3. The van der Waals surface area contributed by atoms with Gasteiger partial charge in [-0.15, -0.1) is 0 Å². The van der Waals surface area contributed by atoms with Crippen molar-refractivity contribution in [1.29, 1.82) is 0 Å². The molecule has 208 valence electrons. The van der Waals surface area contributed by atoms with E-state index in [0.29, 0.717) is 17.8 Å². The average molecular weight is 550 g/mol. The van der Waals surface area contributed by atoms with Crippen molar-refractivity contribution < 1.29 is 4.39 Å². The number of aromatic nitrogens is 6. The minimum atomic E-state index is -0.313. The molecule has 0 saturated carbocycles. The number of aromatic amines is 2. The minimum Gasteiger partial charge on any atom is -0.384 e. The Morgan fingerprint density at radius 3 is 2.63 bits per heavy atom. The van der Waals surface area contributed by atoms with Crippen molar-refractivity contribution in [2.75, 3.05) is 39.0 Å². The number of hydrogen-bond donors (Lipinski definition) is 4. The molecule has 6 aromatic rings. The third-order valence-corrected chi connectivity index (χ3v) is 6.98. The Bertz CT molecular complexity index is 1820. The van der Waals surface area contributed by atoms with E-state index >= 15 is 0 Å². The van der Waals surface area contributed by atoms with Gasteiger partial charge in [0.15, 0.2) is 0 Å². The summed E-state index contributed by atoms with van der Waals surface area (Å²) < 4.78 is 14.7. The molecule has 0 bridgehead atoms. The molecule has 0 fully saturated rings. The van der Waals surface area contributed by atoms with Crippen molar-refractivity contribution in [2.24, 2.45) is 0 Å². The fourth-order valence-electron chi connectivity index (χ4n) is 4.94. The van der Waals surface area contributed by atoms with Crippen molar-refractivity contribution in [3.8, 4) is 33.9 Å². The van der Waals surface area contributed by atoms with E-state index in [9.17, 15) is 4.39 Å². The summed E-state index contributed by atoms with van der Waals surface area (Å²) in [5, 5.41) is 16.2. The lowest BCUT2D eigenvalue weighted by molar-refractivity contribution is 0.425. The molecule has 41 heavy (non-hydrogen) atoms. The van der Waals surface area contributed by atoms with Gasteiger partial charge in [-0.2, -0.15) is 5.10 Å². The molecule has 0 aliphatic carbocycles. The zero-order chi connectivity index (χ0) is 28.3. The van der Waals surface area contributed by atoms with Gasteiger partial charge in [0.05, 0.1) is 28.8 Å². The van der Waals surface area contributed by atoms with Gasteiger partial charge in [0, 0.05) is 71.3 Å². The summed E-state index contributed by atoms with van der Waals surface area (Å²) >= 11 is 0. The Kier molecular flexibility index (Phi) is 7.41. The van der Waals surface area contributed by atoms with Crippen LogP contribution in [0, 0.1) is 5.82 Å². The number of likely N-dealkylation sites (N-methyl/N-ethyl adjacent to an activating group) is 1. The number of nitrogens with one attached hydrogen (secondary N) is 4. The monoisotopic (exact) mass is 549 g/mol. The van der Waals surface area contributed by atoms with Crippen LogP contribution in [-0.2, 0) is 6.54 Å². The normalized spacial score (nSPS) is 11.6. The standard InChI is InChI=1S/C31H32FN9/c1-4-33-15-19-9-21(17-34-16-19)27-13-25-29(18-37-27)39-40-31(25)28-14-24-26(38-28)5-6-36-30(24)20-10-22(32)12-23(11-20)35-7-8-41(2)3/h5-6,9-14,16-18,33,35,38H,4,7-8,15H2,1-3H3,(H,39,40). The second kappa shape index (κ2) is 11.4. The van der Waals surface area contributed by atoms with Crippen LogP contribution in [0.1, 0.15) is 12.5 Å². The number of anilines is 1. The van der Waals surface area contributed by atoms with Crippen LogP contribution in [0.15, 0.2) is 67.3 Å². The molecule has 0 amide bonds. The van der Waals surface area contributed by atoms with Crippen molar-refractivity contribution in [1.82, 2.24) is 40.3 Å². The van der Waals surface area contributed by atoms with Crippen LogP contribution in [0.2, 0.25) is 0 Å². The summed E-state index contributed by atoms with van der Waals surface area (Å²) in [4.78, 5) is 19.3. The van der Waals surface area contributed by atoms with Crippen LogP contribution in [0.3, 0.4) is 0 Å². The zero-order valence-electron chi connectivity index (χ0n) is 23.3. The first kappa shape index (κ1) is 26.5. The molecular weight excluding hydrogens is 517 g/mol. The molecule has 6 rings (SSSR count). The molecule has 9 nitrogen and oxygen atoms in total. The second-order valence-corrected chi connectivity index (χ2v) is 10.3. The minimum absolute atomic E-state index is 0.313.